The Bertz CT molecular complexity index is 358. The van der Waals surface area contributed by atoms with E-state index in [1.165, 1.54) is 19.3 Å². The Morgan fingerprint density at radius 3 is 2.72 bits per heavy atom. The van der Waals surface area contributed by atoms with E-state index >= 15 is 0 Å². The van der Waals surface area contributed by atoms with Crippen LogP contribution in [0.25, 0.3) is 0 Å². The summed E-state index contributed by atoms with van der Waals surface area (Å²) in [6.07, 6.45) is 5.50. The minimum Gasteiger partial charge on any atom is -0.356 e. The zero-order valence-electron chi connectivity index (χ0n) is 11.3. The summed E-state index contributed by atoms with van der Waals surface area (Å²) in [5.41, 5.74) is 5.70. The normalized spacial score (nSPS) is 17.6. The Balaban J connectivity index is 2.13. The number of anilines is 2. The molecule has 0 spiro atoms. The van der Waals surface area contributed by atoms with Crippen LogP contribution in [0.4, 0.5) is 11.6 Å². The second-order valence-corrected chi connectivity index (χ2v) is 4.98. The first-order valence-electron chi connectivity index (χ1n) is 6.72. The Kier molecular flexibility index (Phi) is 4.36. The van der Waals surface area contributed by atoms with E-state index in [1.54, 1.807) is 6.33 Å². The minimum atomic E-state index is 0.286. The van der Waals surface area contributed by atoms with Crippen molar-refractivity contribution in [1.82, 2.24) is 9.97 Å². The summed E-state index contributed by atoms with van der Waals surface area (Å²) in [5.74, 6) is 1.99. The quantitative estimate of drug-likeness (QED) is 0.870. The van der Waals surface area contributed by atoms with Crippen LogP contribution in [0, 0.1) is 0 Å². The third kappa shape index (κ3) is 2.90. The molecule has 2 heterocycles. The highest BCUT2D eigenvalue weighted by Crippen LogP contribution is 2.21. The fourth-order valence-corrected chi connectivity index (χ4v) is 2.21. The molecule has 1 aliphatic heterocycles. The van der Waals surface area contributed by atoms with Gasteiger partial charge in [-0.2, -0.15) is 0 Å². The monoisotopic (exact) mass is 249 g/mol. The molecule has 1 unspecified atom stereocenters. The summed E-state index contributed by atoms with van der Waals surface area (Å²) < 4.78 is 0. The first-order chi connectivity index (χ1) is 8.72. The Morgan fingerprint density at radius 1 is 1.33 bits per heavy atom. The van der Waals surface area contributed by atoms with Gasteiger partial charge in [0.1, 0.15) is 18.0 Å². The van der Waals surface area contributed by atoms with Crippen molar-refractivity contribution in [2.45, 2.75) is 32.2 Å². The highest BCUT2D eigenvalue weighted by atomic mass is 15.2. The fourth-order valence-electron chi connectivity index (χ4n) is 2.21. The number of rotatable bonds is 4. The van der Waals surface area contributed by atoms with Crippen molar-refractivity contribution in [3.8, 4) is 0 Å². The molecule has 1 atom stereocenters. The van der Waals surface area contributed by atoms with Gasteiger partial charge in [-0.25, -0.2) is 9.97 Å². The molecule has 0 aliphatic carbocycles. The molecule has 18 heavy (non-hydrogen) atoms. The summed E-state index contributed by atoms with van der Waals surface area (Å²) in [4.78, 5) is 13.2. The molecule has 0 radical (unpaired) electrons. The summed E-state index contributed by atoms with van der Waals surface area (Å²) in [6.45, 7) is 4.93. The third-order valence-electron chi connectivity index (χ3n) is 3.68. The van der Waals surface area contributed by atoms with E-state index in [0.29, 0.717) is 6.54 Å². The number of aromatic nitrogens is 2. The average molecular weight is 249 g/mol. The molecule has 0 saturated carbocycles. The minimum absolute atomic E-state index is 0.286. The van der Waals surface area contributed by atoms with Crippen LogP contribution in [-0.2, 0) is 0 Å². The smallest absolute Gasteiger partial charge is 0.134 e. The SMILES string of the molecule is CC(CN)N(C)c1cc(N2CCCCC2)ncn1. The molecule has 0 aromatic carbocycles. The van der Waals surface area contributed by atoms with Crippen LogP contribution in [0.1, 0.15) is 26.2 Å². The van der Waals surface area contributed by atoms with Crippen molar-refractivity contribution >= 4 is 11.6 Å². The van der Waals surface area contributed by atoms with Crippen molar-refractivity contribution < 1.29 is 0 Å². The summed E-state index contributed by atoms with van der Waals surface area (Å²) in [6, 6.07) is 2.35. The summed E-state index contributed by atoms with van der Waals surface area (Å²) in [5, 5.41) is 0. The van der Waals surface area contributed by atoms with Gasteiger partial charge >= 0.3 is 0 Å². The molecular formula is C13H23N5. The van der Waals surface area contributed by atoms with Gasteiger partial charge in [0.2, 0.25) is 0 Å². The van der Waals surface area contributed by atoms with Gasteiger partial charge in [-0.15, -0.1) is 0 Å². The van der Waals surface area contributed by atoms with Gasteiger partial charge in [0.25, 0.3) is 0 Å². The summed E-state index contributed by atoms with van der Waals surface area (Å²) in [7, 11) is 2.03. The number of piperidine rings is 1. The van der Waals surface area contributed by atoms with E-state index in [4.69, 9.17) is 5.73 Å². The zero-order valence-corrected chi connectivity index (χ0v) is 11.3. The third-order valence-corrected chi connectivity index (χ3v) is 3.68. The molecule has 1 aliphatic rings. The Morgan fingerprint density at radius 2 is 2.06 bits per heavy atom. The van der Waals surface area contributed by atoms with Gasteiger partial charge < -0.3 is 15.5 Å². The lowest BCUT2D eigenvalue weighted by atomic mass is 10.1. The predicted octanol–water partition coefficient (Wildman–Crippen LogP) is 1.25. The molecule has 0 bridgehead atoms. The van der Waals surface area contributed by atoms with Gasteiger partial charge in [-0.3, -0.25) is 0 Å². The molecule has 1 saturated heterocycles. The van der Waals surface area contributed by atoms with Crippen molar-refractivity contribution in [2.75, 3.05) is 36.5 Å². The van der Waals surface area contributed by atoms with Crippen LogP contribution in [0.2, 0.25) is 0 Å². The topological polar surface area (TPSA) is 58.3 Å². The number of likely N-dealkylation sites (N-methyl/N-ethyl adjacent to an activating group) is 1. The number of hydrogen-bond acceptors (Lipinski definition) is 5. The molecule has 5 nitrogen and oxygen atoms in total. The van der Waals surface area contributed by atoms with Crippen molar-refractivity contribution in [1.29, 1.82) is 0 Å². The molecular weight excluding hydrogens is 226 g/mol. The molecule has 100 valence electrons. The van der Waals surface area contributed by atoms with E-state index in [2.05, 4.69) is 32.8 Å². The highest BCUT2D eigenvalue weighted by Gasteiger charge is 2.15. The van der Waals surface area contributed by atoms with E-state index < -0.39 is 0 Å². The van der Waals surface area contributed by atoms with Gasteiger partial charge in [0.15, 0.2) is 0 Å². The van der Waals surface area contributed by atoms with Crippen LogP contribution in [0.3, 0.4) is 0 Å². The second kappa shape index (κ2) is 6.00. The zero-order chi connectivity index (χ0) is 13.0. The lowest BCUT2D eigenvalue weighted by Crippen LogP contribution is -2.36. The van der Waals surface area contributed by atoms with Crippen molar-refractivity contribution in [3.05, 3.63) is 12.4 Å². The first-order valence-corrected chi connectivity index (χ1v) is 6.72. The predicted molar refractivity (Wildman–Crippen MR) is 75.0 cm³/mol. The van der Waals surface area contributed by atoms with E-state index in [9.17, 15) is 0 Å². The van der Waals surface area contributed by atoms with E-state index in [-0.39, 0.29) is 6.04 Å². The molecule has 1 fully saturated rings. The van der Waals surface area contributed by atoms with Crippen molar-refractivity contribution in [2.24, 2.45) is 5.73 Å². The highest BCUT2D eigenvalue weighted by molar-refractivity contribution is 5.50. The van der Waals surface area contributed by atoms with Gasteiger partial charge in [-0.1, -0.05) is 0 Å². The Hall–Kier alpha value is -1.36. The molecule has 1 aromatic heterocycles. The standard InChI is InChI=1S/C13H23N5/c1-11(9-14)17(2)12-8-13(16-10-15-12)18-6-4-3-5-7-18/h8,10-11H,3-7,9,14H2,1-2H3. The molecule has 1 aromatic rings. The fraction of sp³-hybridized carbons (Fsp3) is 0.692. The number of hydrogen-bond donors (Lipinski definition) is 1. The second-order valence-electron chi connectivity index (χ2n) is 4.98. The van der Waals surface area contributed by atoms with E-state index in [1.807, 2.05) is 7.05 Å². The van der Waals surface area contributed by atoms with Crippen molar-refractivity contribution in [3.63, 3.8) is 0 Å². The largest absolute Gasteiger partial charge is 0.356 e. The summed E-state index contributed by atoms with van der Waals surface area (Å²) >= 11 is 0. The molecule has 2 N–H and O–H groups in total. The molecule has 0 amide bonds. The average Bonchev–Trinajstić information content (AvgIpc) is 2.46. The maximum Gasteiger partial charge on any atom is 0.134 e. The van der Waals surface area contributed by atoms with Crippen LogP contribution in [-0.4, -0.2) is 42.7 Å². The molecule has 5 heteroatoms. The van der Waals surface area contributed by atoms with Crippen LogP contribution in [0.15, 0.2) is 12.4 Å². The van der Waals surface area contributed by atoms with Crippen LogP contribution in [0.5, 0.6) is 0 Å². The van der Waals surface area contributed by atoms with E-state index in [0.717, 1.165) is 24.7 Å². The maximum absolute atomic E-state index is 5.70. The van der Waals surface area contributed by atoms with Crippen LogP contribution >= 0.6 is 0 Å². The first kappa shape index (κ1) is 13.1. The van der Waals surface area contributed by atoms with Gasteiger partial charge in [0, 0.05) is 38.8 Å². The number of nitrogens with two attached hydrogens (primary N) is 1. The number of nitrogens with zero attached hydrogens (tertiary/aromatic N) is 4. The lowest BCUT2D eigenvalue weighted by molar-refractivity contribution is 0.572. The lowest BCUT2D eigenvalue weighted by Gasteiger charge is -2.29. The van der Waals surface area contributed by atoms with Gasteiger partial charge in [0.05, 0.1) is 0 Å². The van der Waals surface area contributed by atoms with Gasteiger partial charge in [-0.05, 0) is 26.2 Å². The Labute approximate surface area is 109 Å². The molecule has 2 rings (SSSR count). The van der Waals surface area contributed by atoms with Crippen LogP contribution < -0.4 is 15.5 Å². The maximum atomic E-state index is 5.70.